The maximum atomic E-state index is 11.3. The average Bonchev–Trinajstić information content (AvgIpc) is 3.17. The number of primary sulfonamides is 1. The van der Waals surface area contributed by atoms with Crippen molar-refractivity contribution in [3.8, 4) is 17.2 Å². The predicted octanol–water partition coefficient (Wildman–Crippen LogP) is 3.98. The van der Waals surface area contributed by atoms with Gasteiger partial charge in [0.25, 0.3) is 0 Å². The molecule has 7 nitrogen and oxygen atoms in total. The Kier molecular flexibility index (Phi) is 5.20. The van der Waals surface area contributed by atoms with Crippen LogP contribution >= 0.6 is 0 Å². The van der Waals surface area contributed by atoms with Crippen molar-refractivity contribution in [3.63, 3.8) is 0 Å². The first-order chi connectivity index (χ1) is 14.0. The fourth-order valence-corrected chi connectivity index (χ4v) is 3.32. The topological polar surface area (TPSA) is 100 Å². The monoisotopic (exact) mass is 410 g/mol. The number of para-hydroxylation sites is 1. The Labute approximate surface area is 168 Å². The van der Waals surface area contributed by atoms with Crippen LogP contribution in [0, 0.1) is 0 Å². The highest BCUT2D eigenvalue weighted by atomic mass is 32.2. The van der Waals surface area contributed by atoms with Gasteiger partial charge in [-0.05, 0) is 54.1 Å². The highest BCUT2D eigenvalue weighted by Gasteiger charge is 2.24. The number of nitrogens with two attached hydrogens (primary N) is 1. The lowest BCUT2D eigenvalue weighted by Gasteiger charge is -2.10. The molecular weight excluding hydrogens is 392 g/mol. The van der Waals surface area contributed by atoms with E-state index in [1.165, 1.54) is 24.3 Å². The van der Waals surface area contributed by atoms with Gasteiger partial charge < -0.3 is 14.3 Å². The van der Waals surface area contributed by atoms with Gasteiger partial charge in [0, 0.05) is 0 Å². The third kappa shape index (κ3) is 4.74. The maximum absolute atomic E-state index is 11.3. The Bertz CT molecular complexity index is 1110. The minimum absolute atomic E-state index is 0.0187. The zero-order chi connectivity index (χ0) is 20.3. The largest absolute Gasteiger partial charge is 0.457 e. The maximum Gasteiger partial charge on any atom is 0.238 e. The highest BCUT2D eigenvalue weighted by Crippen LogP contribution is 2.30. The SMILES string of the molecule is NS(=O)(=O)c1ccc(OC2=NOC(c3ccc(Oc4ccccc4)cc3)C2)cc1. The van der Waals surface area contributed by atoms with E-state index in [0.717, 1.165) is 17.1 Å². The van der Waals surface area contributed by atoms with Gasteiger partial charge in [-0.2, -0.15) is 0 Å². The lowest BCUT2D eigenvalue weighted by molar-refractivity contribution is 0.0855. The van der Waals surface area contributed by atoms with E-state index >= 15 is 0 Å². The molecule has 0 fully saturated rings. The van der Waals surface area contributed by atoms with Crippen LogP contribution in [-0.4, -0.2) is 14.3 Å². The number of benzene rings is 3. The second kappa shape index (κ2) is 7.94. The molecular formula is C21H18N2O5S. The van der Waals surface area contributed by atoms with Gasteiger partial charge in [0.2, 0.25) is 15.9 Å². The molecule has 0 saturated carbocycles. The molecule has 4 rings (SSSR count). The Morgan fingerprint density at radius 2 is 1.41 bits per heavy atom. The number of nitrogens with zero attached hydrogens (tertiary/aromatic N) is 1. The molecule has 29 heavy (non-hydrogen) atoms. The third-order valence-corrected chi connectivity index (χ3v) is 5.19. The molecule has 0 saturated heterocycles. The summed E-state index contributed by atoms with van der Waals surface area (Å²) in [5.41, 5.74) is 0.942. The summed E-state index contributed by atoms with van der Waals surface area (Å²) in [6, 6.07) is 22.9. The predicted molar refractivity (Wildman–Crippen MR) is 107 cm³/mol. The standard InChI is InChI=1S/C21H18N2O5S/c22-29(24,25)19-12-10-18(11-13-19)27-21-14-20(28-23-21)15-6-8-17(9-7-15)26-16-4-2-1-3-5-16/h1-13,20H,14H2,(H2,22,24,25). The molecule has 2 N–H and O–H groups in total. The number of hydrogen-bond acceptors (Lipinski definition) is 6. The molecule has 0 radical (unpaired) electrons. The number of oxime groups is 1. The van der Waals surface area contributed by atoms with E-state index in [9.17, 15) is 8.42 Å². The van der Waals surface area contributed by atoms with Crippen LogP contribution in [0.1, 0.15) is 18.1 Å². The molecule has 0 amide bonds. The van der Waals surface area contributed by atoms with E-state index < -0.39 is 10.0 Å². The van der Waals surface area contributed by atoms with Gasteiger partial charge in [0.05, 0.1) is 11.3 Å². The fraction of sp³-hybridized carbons (Fsp3) is 0.0952. The minimum Gasteiger partial charge on any atom is -0.457 e. The normalized spacial score (nSPS) is 16.0. The molecule has 1 unspecified atom stereocenters. The second-order valence-corrected chi connectivity index (χ2v) is 7.95. The van der Waals surface area contributed by atoms with Crippen LogP contribution in [0.3, 0.4) is 0 Å². The number of ether oxygens (including phenoxy) is 2. The molecule has 0 aromatic heterocycles. The summed E-state index contributed by atoms with van der Waals surface area (Å²) in [4.78, 5) is 5.48. The summed E-state index contributed by atoms with van der Waals surface area (Å²) in [6.45, 7) is 0. The van der Waals surface area contributed by atoms with Gasteiger partial charge in [0.15, 0.2) is 6.10 Å². The van der Waals surface area contributed by atoms with Crippen LogP contribution in [0.2, 0.25) is 0 Å². The summed E-state index contributed by atoms with van der Waals surface area (Å²) in [7, 11) is -3.74. The molecule has 0 aliphatic carbocycles. The van der Waals surface area contributed by atoms with Crippen molar-refractivity contribution < 1.29 is 22.7 Å². The Hall–Kier alpha value is -3.36. The van der Waals surface area contributed by atoms with Crippen molar-refractivity contribution >= 4 is 15.9 Å². The fourth-order valence-electron chi connectivity index (χ4n) is 2.80. The lowest BCUT2D eigenvalue weighted by atomic mass is 10.1. The lowest BCUT2D eigenvalue weighted by Crippen LogP contribution is -2.12. The zero-order valence-electron chi connectivity index (χ0n) is 15.3. The minimum atomic E-state index is -3.74. The first kappa shape index (κ1) is 19.0. The average molecular weight is 410 g/mol. The van der Waals surface area contributed by atoms with Crippen molar-refractivity contribution in [1.29, 1.82) is 0 Å². The summed E-state index contributed by atoms with van der Waals surface area (Å²) in [5, 5.41) is 9.06. The van der Waals surface area contributed by atoms with Crippen molar-refractivity contribution in [1.82, 2.24) is 0 Å². The smallest absolute Gasteiger partial charge is 0.238 e. The Morgan fingerprint density at radius 3 is 2.07 bits per heavy atom. The zero-order valence-corrected chi connectivity index (χ0v) is 16.1. The van der Waals surface area contributed by atoms with Crippen molar-refractivity contribution in [3.05, 3.63) is 84.4 Å². The first-order valence-corrected chi connectivity index (χ1v) is 10.4. The Morgan fingerprint density at radius 1 is 0.828 bits per heavy atom. The molecule has 8 heteroatoms. The number of sulfonamides is 1. The molecule has 1 aliphatic rings. The summed E-state index contributed by atoms with van der Waals surface area (Å²) in [5.74, 6) is 2.35. The van der Waals surface area contributed by atoms with Crippen molar-refractivity contribution in [2.45, 2.75) is 17.4 Å². The summed E-state index contributed by atoms with van der Waals surface area (Å²) < 4.78 is 34.0. The molecule has 0 spiro atoms. The van der Waals surface area contributed by atoms with Crippen LogP contribution < -0.4 is 14.6 Å². The van der Waals surface area contributed by atoms with Crippen LogP contribution in [0.5, 0.6) is 17.2 Å². The van der Waals surface area contributed by atoms with Gasteiger partial charge in [-0.3, -0.25) is 0 Å². The Balaban J connectivity index is 1.35. The van der Waals surface area contributed by atoms with E-state index in [1.54, 1.807) is 0 Å². The quantitative estimate of drug-likeness (QED) is 0.686. The van der Waals surface area contributed by atoms with E-state index in [4.69, 9.17) is 19.5 Å². The van der Waals surface area contributed by atoms with E-state index in [2.05, 4.69) is 5.16 Å². The molecule has 1 aliphatic heterocycles. The molecule has 1 atom stereocenters. The van der Waals surface area contributed by atoms with Gasteiger partial charge in [-0.1, -0.05) is 35.5 Å². The van der Waals surface area contributed by atoms with Crippen LogP contribution in [0.25, 0.3) is 0 Å². The van der Waals surface area contributed by atoms with Gasteiger partial charge in [-0.15, -0.1) is 0 Å². The van der Waals surface area contributed by atoms with E-state index in [0.29, 0.717) is 18.1 Å². The van der Waals surface area contributed by atoms with E-state index in [1.807, 2.05) is 54.6 Å². The molecule has 1 heterocycles. The number of hydrogen-bond donors (Lipinski definition) is 1. The van der Waals surface area contributed by atoms with E-state index in [-0.39, 0.29) is 11.0 Å². The first-order valence-electron chi connectivity index (χ1n) is 8.84. The molecule has 0 bridgehead atoms. The number of rotatable bonds is 5. The molecule has 3 aromatic carbocycles. The summed E-state index contributed by atoms with van der Waals surface area (Å²) >= 11 is 0. The second-order valence-electron chi connectivity index (χ2n) is 6.39. The van der Waals surface area contributed by atoms with Crippen molar-refractivity contribution in [2.75, 3.05) is 0 Å². The highest BCUT2D eigenvalue weighted by molar-refractivity contribution is 7.89. The van der Waals surface area contributed by atoms with Crippen LogP contribution in [-0.2, 0) is 14.9 Å². The third-order valence-electron chi connectivity index (χ3n) is 4.26. The van der Waals surface area contributed by atoms with Gasteiger partial charge in [0.1, 0.15) is 17.2 Å². The van der Waals surface area contributed by atoms with Crippen LogP contribution in [0.15, 0.2) is 88.9 Å². The van der Waals surface area contributed by atoms with Crippen molar-refractivity contribution in [2.24, 2.45) is 10.3 Å². The molecule has 148 valence electrons. The van der Waals surface area contributed by atoms with Crippen LogP contribution in [0.4, 0.5) is 0 Å². The van der Waals surface area contributed by atoms with Gasteiger partial charge >= 0.3 is 0 Å². The summed E-state index contributed by atoms with van der Waals surface area (Å²) in [6.07, 6.45) is 0.190. The van der Waals surface area contributed by atoms with Gasteiger partial charge in [-0.25, -0.2) is 13.6 Å². The molecule has 3 aromatic rings.